The van der Waals surface area contributed by atoms with Gasteiger partial charge in [0.2, 0.25) is 0 Å². The summed E-state index contributed by atoms with van der Waals surface area (Å²) in [5.74, 6) is 0. The molecule has 0 spiro atoms. The van der Waals surface area contributed by atoms with E-state index in [1.165, 1.54) is 16.8 Å². The molecule has 1 heterocycles. The molecule has 106 valence electrons. The fourth-order valence-corrected chi connectivity index (χ4v) is 2.59. The number of anilines is 1. The number of hydrogen-bond donors (Lipinski definition) is 2. The fourth-order valence-electron chi connectivity index (χ4n) is 2.59. The molecule has 1 unspecified atom stereocenters. The third kappa shape index (κ3) is 3.69. The van der Waals surface area contributed by atoms with Crippen LogP contribution >= 0.6 is 0 Å². The molecule has 1 atom stereocenters. The summed E-state index contributed by atoms with van der Waals surface area (Å²) in [5, 5.41) is 18.3. The minimum atomic E-state index is -0.618. The first-order valence-electron chi connectivity index (χ1n) is 6.93. The number of aliphatic hydroxyl groups excluding tert-OH is 2. The predicted octanol–water partition coefficient (Wildman–Crippen LogP) is 0.779. The summed E-state index contributed by atoms with van der Waals surface area (Å²) >= 11 is 0. The first-order chi connectivity index (χ1) is 9.10. The van der Waals surface area contributed by atoms with Gasteiger partial charge in [-0.3, -0.25) is 4.90 Å². The Kier molecular flexibility index (Phi) is 4.80. The van der Waals surface area contributed by atoms with Gasteiger partial charge in [0.1, 0.15) is 0 Å². The summed E-state index contributed by atoms with van der Waals surface area (Å²) in [6.07, 6.45) is -0.618. The molecule has 1 aliphatic rings. The van der Waals surface area contributed by atoms with Gasteiger partial charge >= 0.3 is 0 Å². The van der Waals surface area contributed by atoms with Crippen LogP contribution in [0.25, 0.3) is 0 Å². The number of aryl methyl sites for hydroxylation is 2. The fraction of sp³-hybridized carbons (Fsp3) is 0.600. The SMILES string of the molecule is Cc1ccc(C)c(N2CCN(CC(O)CO)CC2)c1. The molecule has 4 nitrogen and oxygen atoms in total. The maximum Gasteiger partial charge on any atom is 0.0897 e. The van der Waals surface area contributed by atoms with Crippen molar-refractivity contribution in [3.05, 3.63) is 29.3 Å². The van der Waals surface area contributed by atoms with Crippen molar-refractivity contribution in [1.82, 2.24) is 4.90 Å². The van der Waals surface area contributed by atoms with Gasteiger partial charge in [-0.2, -0.15) is 0 Å². The smallest absolute Gasteiger partial charge is 0.0897 e. The molecule has 0 radical (unpaired) electrons. The summed E-state index contributed by atoms with van der Waals surface area (Å²) in [4.78, 5) is 4.62. The minimum Gasteiger partial charge on any atom is -0.394 e. The number of piperazine rings is 1. The van der Waals surface area contributed by atoms with Crippen molar-refractivity contribution in [3.63, 3.8) is 0 Å². The van der Waals surface area contributed by atoms with Gasteiger partial charge in [-0.15, -0.1) is 0 Å². The molecular weight excluding hydrogens is 240 g/mol. The van der Waals surface area contributed by atoms with E-state index < -0.39 is 6.10 Å². The molecule has 1 fully saturated rings. The third-order valence-electron chi connectivity index (χ3n) is 3.76. The van der Waals surface area contributed by atoms with Gasteiger partial charge in [0, 0.05) is 38.4 Å². The Bertz CT molecular complexity index is 415. The van der Waals surface area contributed by atoms with Gasteiger partial charge < -0.3 is 15.1 Å². The maximum atomic E-state index is 9.47. The highest BCUT2D eigenvalue weighted by atomic mass is 16.3. The van der Waals surface area contributed by atoms with Gasteiger partial charge in [0.15, 0.2) is 0 Å². The van der Waals surface area contributed by atoms with E-state index in [0.717, 1.165) is 26.2 Å². The van der Waals surface area contributed by atoms with Crippen LogP contribution in [0.2, 0.25) is 0 Å². The zero-order chi connectivity index (χ0) is 13.8. The second-order valence-corrected chi connectivity index (χ2v) is 5.41. The molecule has 1 aromatic carbocycles. The van der Waals surface area contributed by atoms with Crippen molar-refractivity contribution in [1.29, 1.82) is 0 Å². The Hall–Kier alpha value is -1.10. The largest absolute Gasteiger partial charge is 0.394 e. The van der Waals surface area contributed by atoms with E-state index in [9.17, 15) is 5.11 Å². The Morgan fingerprint density at radius 2 is 1.84 bits per heavy atom. The first kappa shape index (κ1) is 14.3. The highest BCUT2D eigenvalue weighted by Gasteiger charge is 2.20. The molecular formula is C15H24N2O2. The lowest BCUT2D eigenvalue weighted by molar-refractivity contribution is 0.0575. The molecule has 1 aliphatic heterocycles. The van der Waals surface area contributed by atoms with Crippen LogP contribution in [0.3, 0.4) is 0 Å². The van der Waals surface area contributed by atoms with Gasteiger partial charge in [-0.25, -0.2) is 0 Å². The first-order valence-corrected chi connectivity index (χ1v) is 6.93. The van der Waals surface area contributed by atoms with Crippen molar-refractivity contribution < 1.29 is 10.2 Å². The zero-order valence-electron chi connectivity index (χ0n) is 11.8. The van der Waals surface area contributed by atoms with Crippen molar-refractivity contribution >= 4 is 5.69 Å². The van der Waals surface area contributed by atoms with E-state index in [2.05, 4.69) is 41.8 Å². The molecule has 0 bridgehead atoms. The lowest BCUT2D eigenvalue weighted by Gasteiger charge is -2.37. The molecule has 0 aromatic heterocycles. The van der Waals surface area contributed by atoms with Crippen molar-refractivity contribution in [2.24, 2.45) is 0 Å². The van der Waals surface area contributed by atoms with Crippen LogP contribution in [0.15, 0.2) is 18.2 Å². The Morgan fingerprint density at radius 1 is 1.16 bits per heavy atom. The third-order valence-corrected chi connectivity index (χ3v) is 3.76. The highest BCUT2D eigenvalue weighted by molar-refractivity contribution is 5.55. The van der Waals surface area contributed by atoms with Crippen molar-refractivity contribution in [2.75, 3.05) is 44.2 Å². The molecule has 2 N–H and O–H groups in total. The average molecular weight is 264 g/mol. The van der Waals surface area contributed by atoms with Crippen LogP contribution in [0.1, 0.15) is 11.1 Å². The summed E-state index contributed by atoms with van der Waals surface area (Å²) in [7, 11) is 0. The summed E-state index contributed by atoms with van der Waals surface area (Å²) in [6.45, 7) is 8.50. The number of rotatable bonds is 4. The molecule has 1 saturated heterocycles. The van der Waals surface area contributed by atoms with Gasteiger partial charge in [0.25, 0.3) is 0 Å². The number of β-amino-alcohol motifs (C(OH)–C–C–N with tert-alkyl or cyclic N) is 1. The summed E-state index contributed by atoms with van der Waals surface area (Å²) < 4.78 is 0. The van der Waals surface area contributed by atoms with Crippen molar-refractivity contribution in [3.8, 4) is 0 Å². The Morgan fingerprint density at radius 3 is 2.47 bits per heavy atom. The normalized spacial score (nSPS) is 18.6. The second kappa shape index (κ2) is 6.37. The molecule has 0 aliphatic carbocycles. The number of nitrogens with zero attached hydrogens (tertiary/aromatic N) is 2. The van der Waals surface area contributed by atoms with Crippen LogP contribution in [0.4, 0.5) is 5.69 Å². The molecule has 2 rings (SSSR count). The summed E-state index contributed by atoms with van der Waals surface area (Å²) in [6, 6.07) is 6.56. The van der Waals surface area contributed by atoms with E-state index in [1.807, 2.05) is 0 Å². The van der Waals surface area contributed by atoms with Crippen LogP contribution in [-0.2, 0) is 0 Å². The lowest BCUT2D eigenvalue weighted by atomic mass is 10.1. The van der Waals surface area contributed by atoms with Crippen LogP contribution in [-0.4, -0.2) is 60.5 Å². The van der Waals surface area contributed by atoms with Crippen LogP contribution in [0.5, 0.6) is 0 Å². The molecule has 19 heavy (non-hydrogen) atoms. The van der Waals surface area contributed by atoms with Gasteiger partial charge in [-0.05, 0) is 31.0 Å². The standard InChI is InChI=1S/C15H24N2O2/c1-12-3-4-13(2)15(9-12)17-7-5-16(6-8-17)10-14(19)11-18/h3-4,9,14,18-19H,5-8,10-11H2,1-2H3. The van der Waals surface area contributed by atoms with E-state index in [-0.39, 0.29) is 6.61 Å². The minimum absolute atomic E-state index is 0.156. The topological polar surface area (TPSA) is 46.9 Å². The van der Waals surface area contributed by atoms with Crippen LogP contribution in [0, 0.1) is 13.8 Å². The number of benzene rings is 1. The Labute approximate surface area is 115 Å². The van der Waals surface area contributed by atoms with E-state index >= 15 is 0 Å². The molecule has 4 heteroatoms. The molecule has 0 saturated carbocycles. The van der Waals surface area contributed by atoms with E-state index in [0.29, 0.717) is 6.54 Å². The quantitative estimate of drug-likeness (QED) is 0.843. The lowest BCUT2D eigenvalue weighted by Crippen LogP contribution is -2.49. The van der Waals surface area contributed by atoms with Crippen molar-refractivity contribution in [2.45, 2.75) is 20.0 Å². The summed E-state index contributed by atoms with van der Waals surface area (Å²) in [5.41, 5.74) is 3.93. The molecule has 1 aromatic rings. The Balaban J connectivity index is 1.94. The average Bonchev–Trinajstić information content (AvgIpc) is 2.42. The monoisotopic (exact) mass is 264 g/mol. The zero-order valence-corrected chi connectivity index (χ0v) is 11.8. The maximum absolute atomic E-state index is 9.47. The molecule has 0 amide bonds. The number of aliphatic hydroxyl groups is 2. The second-order valence-electron chi connectivity index (χ2n) is 5.41. The van der Waals surface area contributed by atoms with Gasteiger partial charge in [-0.1, -0.05) is 12.1 Å². The van der Waals surface area contributed by atoms with Gasteiger partial charge in [0.05, 0.1) is 12.7 Å². The van der Waals surface area contributed by atoms with E-state index in [4.69, 9.17) is 5.11 Å². The van der Waals surface area contributed by atoms with Crippen LogP contribution < -0.4 is 4.90 Å². The predicted molar refractivity (Wildman–Crippen MR) is 77.7 cm³/mol. The number of hydrogen-bond acceptors (Lipinski definition) is 4. The van der Waals surface area contributed by atoms with E-state index in [1.54, 1.807) is 0 Å². The highest BCUT2D eigenvalue weighted by Crippen LogP contribution is 2.22.